The van der Waals surface area contributed by atoms with Gasteiger partial charge in [0.25, 0.3) is 0 Å². The fourth-order valence-electron chi connectivity index (χ4n) is 1.10. The van der Waals surface area contributed by atoms with Crippen molar-refractivity contribution in [1.82, 2.24) is 5.32 Å². The Bertz CT molecular complexity index is 129. The first-order valence-electron chi connectivity index (χ1n) is 5.67. The lowest BCUT2D eigenvalue weighted by atomic mass is 9.82. The molecule has 0 fully saturated rings. The lowest BCUT2D eigenvalue weighted by molar-refractivity contribution is 0.239. The van der Waals surface area contributed by atoms with Crippen LogP contribution in [0, 0.1) is 11.3 Å². The van der Waals surface area contributed by atoms with Crippen molar-refractivity contribution in [2.24, 2.45) is 11.3 Å². The fourth-order valence-corrected chi connectivity index (χ4v) is 1.10. The molecule has 1 N–H and O–H groups in total. The highest BCUT2D eigenvalue weighted by atomic mass is 14.9. The molecule has 1 nitrogen and oxygen atoms in total. The predicted molar refractivity (Wildman–Crippen MR) is 61.0 cm³/mol. The van der Waals surface area contributed by atoms with Crippen LogP contribution in [0.4, 0.5) is 0 Å². The van der Waals surface area contributed by atoms with Crippen LogP contribution < -0.4 is 5.32 Å². The molecule has 0 radical (unpaired) electrons. The SMILES string of the molecule is CC[C@@H](C)CNC(C)C(C)(C)CC. The molecule has 0 saturated heterocycles. The molecule has 1 heteroatoms. The summed E-state index contributed by atoms with van der Waals surface area (Å²) in [5.74, 6) is 0.801. The second-order valence-corrected chi connectivity index (χ2v) is 4.99. The summed E-state index contributed by atoms with van der Waals surface area (Å²) in [6.45, 7) is 14.9. The molecule has 0 aromatic rings. The van der Waals surface area contributed by atoms with Crippen molar-refractivity contribution in [2.45, 2.75) is 60.4 Å². The van der Waals surface area contributed by atoms with Crippen molar-refractivity contribution < 1.29 is 0 Å². The van der Waals surface area contributed by atoms with Gasteiger partial charge in [0.1, 0.15) is 0 Å². The molecule has 0 spiro atoms. The van der Waals surface area contributed by atoms with Crippen LogP contribution >= 0.6 is 0 Å². The summed E-state index contributed by atoms with van der Waals surface area (Å²) in [6, 6.07) is 0.617. The van der Waals surface area contributed by atoms with Gasteiger partial charge >= 0.3 is 0 Å². The van der Waals surface area contributed by atoms with Gasteiger partial charge in [-0.25, -0.2) is 0 Å². The van der Waals surface area contributed by atoms with E-state index in [1.165, 1.54) is 12.8 Å². The Hall–Kier alpha value is -0.0400. The predicted octanol–water partition coefficient (Wildman–Crippen LogP) is 3.45. The average Bonchev–Trinajstić information content (AvgIpc) is 2.13. The van der Waals surface area contributed by atoms with Crippen molar-refractivity contribution in [1.29, 1.82) is 0 Å². The van der Waals surface area contributed by atoms with Crippen LogP contribution in [0.5, 0.6) is 0 Å². The fraction of sp³-hybridized carbons (Fsp3) is 1.00. The van der Waals surface area contributed by atoms with E-state index >= 15 is 0 Å². The molecule has 0 amide bonds. The molecule has 0 aromatic carbocycles. The average molecular weight is 185 g/mol. The van der Waals surface area contributed by atoms with Gasteiger partial charge in [-0.3, -0.25) is 0 Å². The third kappa shape index (κ3) is 4.66. The second-order valence-electron chi connectivity index (χ2n) is 4.99. The summed E-state index contributed by atoms with van der Waals surface area (Å²) in [5.41, 5.74) is 0.424. The number of hydrogen-bond donors (Lipinski definition) is 1. The highest BCUT2D eigenvalue weighted by Gasteiger charge is 2.23. The van der Waals surface area contributed by atoms with E-state index in [1.807, 2.05) is 0 Å². The van der Waals surface area contributed by atoms with E-state index < -0.39 is 0 Å². The van der Waals surface area contributed by atoms with E-state index in [0.29, 0.717) is 11.5 Å². The van der Waals surface area contributed by atoms with Gasteiger partial charge in [-0.15, -0.1) is 0 Å². The molecule has 13 heavy (non-hydrogen) atoms. The Kier molecular flexibility index (Phi) is 5.62. The van der Waals surface area contributed by atoms with Gasteiger partial charge in [0, 0.05) is 6.04 Å². The molecule has 0 saturated carbocycles. The molecular formula is C12H27N. The minimum Gasteiger partial charge on any atom is -0.313 e. The topological polar surface area (TPSA) is 12.0 Å². The molecule has 80 valence electrons. The number of rotatable bonds is 6. The van der Waals surface area contributed by atoms with Crippen LogP contribution in [0.1, 0.15) is 54.4 Å². The van der Waals surface area contributed by atoms with Gasteiger partial charge in [0.2, 0.25) is 0 Å². The molecule has 0 rings (SSSR count). The van der Waals surface area contributed by atoms with Gasteiger partial charge in [-0.1, -0.05) is 41.0 Å². The maximum absolute atomic E-state index is 3.62. The van der Waals surface area contributed by atoms with E-state index in [1.54, 1.807) is 0 Å². The van der Waals surface area contributed by atoms with Gasteiger partial charge < -0.3 is 5.32 Å². The van der Waals surface area contributed by atoms with Crippen molar-refractivity contribution in [3.05, 3.63) is 0 Å². The summed E-state index contributed by atoms with van der Waals surface area (Å²) >= 11 is 0. The molecule has 0 aliphatic heterocycles. The third-order valence-electron chi connectivity index (χ3n) is 3.55. The minimum atomic E-state index is 0.424. The largest absolute Gasteiger partial charge is 0.313 e. The smallest absolute Gasteiger partial charge is 0.00899 e. The first kappa shape index (κ1) is 13.0. The Morgan fingerprint density at radius 2 is 1.69 bits per heavy atom. The molecule has 2 atom stereocenters. The molecule has 0 bridgehead atoms. The molecule has 0 aliphatic carbocycles. The standard InChI is InChI=1S/C12H27N/c1-7-10(3)9-13-11(4)12(5,6)8-2/h10-11,13H,7-9H2,1-6H3/t10-,11?/m1/s1. The molecule has 0 aromatic heterocycles. The Morgan fingerprint density at radius 3 is 2.08 bits per heavy atom. The van der Waals surface area contributed by atoms with Crippen LogP contribution in [0.15, 0.2) is 0 Å². The van der Waals surface area contributed by atoms with E-state index in [0.717, 1.165) is 12.5 Å². The molecule has 0 aliphatic rings. The Labute approximate surface area is 84.3 Å². The van der Waals surface area contributed by atoms with Crippen molar-refractivity contribution in [3.63, 3.8) is 0 Å². The third-order valence-corrected chi connectivity index (χ3v) is 3.55. The monoisotopic (exact) mass is 185 g/mol. The molecule has 1 unspecified atom stereocenters. The van der Waals surface area contributed by atoms with Gasteiger partial charge in [0.15, 0.2) is 0 Å². The zero-order chi connectivity index (χ0) is 10.5. The van der Waals surface area contributed by atoms with E-state index in [2.05, 4.69) is 46.9 Å². The first-order chi connectivity index (χ1) is 5.94. The summed E-state index contributed by atoms with van der Waals surface area (Å²) in [6.07, 6.45) is 2.51. The maximum Gasteiger partial charge on any atom is 0.00899 e. The van der Waals surface area contributed by atoms with Crippen LogP contribution in [-0.2, 0) is 0 Å². The second kappa shape index (κ2) is 5.64. The van der Waals surface area contributed by atoms with Crippen LogP contribution in [0.25, 0.3) is 0 Å². The van der Waals surface area contributed by atoms with Crippen LogP contribution in [0.2, 0.25) is 0 Å². The van der Waals surface area contributed by atoms with Crippen LogP contribution in [-0.4, -0.2) is 12.6 Å². The van der Waals surface area contributed by atoms with E-state index in [-0.39, 0.29) is 0 Å². The zero-order valence-corrected chi connectivity index (χ0v) is 10.3. The van der Waals surface area contributed by atoms with Crippen LogP contribution in [0.3, 0.4) is 0 Å². The zero-order valence-electron chi connectivity index (χ0n) is 10.3. The van der Waals surface area contributed by atoms with Gasteiger partial charge in [-0.05, 0) is 31.2 Å². The summed E-state index contributed by atoms with van der Waals surface area (Å²) in [7, 11) is 0. The first-order valence-corrected chi connectivity index (χ1v) is 5.67. The Balaban J connectivity index is 3.80. The quantitative estimate of drug-likeness (QED) is 0.668. The Morgan fingerprint density at radius 1 is 1.15 bits per heavy atom. The highest BCUT2D eigenvalue weighted by Crippen LogP contribution is 2.24. The lowest BCUT2D eigenvalue weighted by Gasteiger charge is -2.32. The van der Waals surface area contributed by atoms with Gasteiger partial charge in [0.05, 0.1) is 0 Å². The van der Waals surface area contributed by atoms with Crippen molar-refractivity contribution >= 4 is 0 Å². The normalized spacial score (nSPS) is 17.1. The summed E-state index contributed by atoms with van der Waals surface area (Å²) in [4.78, 5) is 0. The van der Waals surface area contributed by atoms with Gasteiger partial charge in [-0.2, -0.15) is 0 Å². The number of hydrogen-bond acceptors (Lipinski definition) is 1. The highest BCUT2D eigenvalue weighted by molar-refractivity contribution is 4.79. The number of nitrogens with one attached hydrogen (secondary N) is 1. The summed E-state index contributed by atoms with van der Waals surface area (Å²) < 4.78 is 0. The summed E-state index contributed by atoms with van der Waals surface area (Å²) in [5, 5.41) is 3.62. The minimum absolute atomic E-state index is 0.424. The van der Waals surface area contributed by atoms with Crippen molar-refractivity contribution in [2.75, 3.05) is 6.54 Å². The van der Waals surface area contributed by atoms with E-state index in [4.69, 9.17) is 0 Å². The van der Waals surface area contributed by atoms with Crippen molar-refractivity contribution in [3.8, 4) is 0 Å². The maximum atomic E-state index is 3.62. The molecule has 0 heterocycles. The molecular weight excluding hydrogens is 158 g/mol. The van der Waals surface area contributed by atoms with E-state index in [9.17, 15) is 0 Å². The lowest BCUT2D eigenvalue weighted by Crippen LogP contribution is -2.41.